The molecule has 2 aromatic heterocycles. The van der Waals surface area contributed by atoms with Gasteiger partial charge in [-0.25, -0.2) is 9.18 Å². The second-order valence-corrected chi connectivity index (χ2v) is 4.29. The largest absolute Gasteiger partial charge is 0.350 e. The number of carbonyl (C=O) groups excluding carboxylic acids is 1. The Hall–Kier alpha value is -3.02. The van der Waals surface area contributed by atoms with Gasteiger partial charge < -0.3 is 5.73 Å². The molecule has 103 valence electrons. The number of hydrogen-bond acceptors (Lipinski definition) is 3. The molecule has 2 N–H and O–H groups in total. The quantitative estimate of drug-likeness (QED) is 0.784. The van der Waals surface area contributed by atoms with Crippen LogP contribution in [0, 0.1) is 11.9 Å². The van der Waals surface area contributed by atoms with Gasteiger partial charge in [-0.05, 0) is 42.5 Å². The Morgan fingerprint density at radius 3 is 2.90 bits per heavy atom. The molecule has 0 aliphatic heterocycles. The van der Waals surface area contributed by atoms with E-state index in [1.807, 2.05) is 12.1 Å². The van der Waals surface area contributed by atoms with Crippen LogP contribution in [0.5, 0.6) is 0 Å². The molecule has 0 spiro atoms. The van der Waals surface area contributed by atoms with E-state index in [0.717, 1.165) is 16.4 Å². The molecule has 0 fully saturated rings. The zero-order valence-electron chi connectivity index (χ0n) is 10.8. The molecular weight excluding hydrogens is 271 g/mol. The highest BCUT2D eigenvalue weighted by Crippen LogP contribution is 2.22. The van der Waals surface area contributed by atoms with Crippen molar-refractivity contribution in [1.82, 2.24) is 14.8 Å². The van der Waals surface area contributed by atoms with Crippen molar-refractivity contribution in [1.29, 1.82) is 0 Å². The fourth-order valence-electron chi connectivity index (χ4n) is 2.01. The van der Waals surface area contributed by atoms with E-state index in [4.69, 9.17) is 5.73 Å². The first-order valence-electron chi connectivity index (χ1n) is 6.14. The van der Waals surface area contributed by atoms with Crippen molar-refractivity contribution in [2.75, 3.05) is 0 Å². The number of rotatable bonds is 2. The Morgan fingerprint density at radius 2 is 2.19 bits per heavy atom. The van der Waals surface area contributed by atoms with E-state index in [2.05, 4.69) is 16.1 Å². The maximum atomic E-state index is 13.8. The smallest absolute Gasteiger partial charge is 0.340 e. The number of nitrogens with two attached hydrogens (primary N) is 1. The molecule has 21 heavy (non-hydrogen) atoms. The van der Waals surface area contributed by atoms with Crippen molar-refractivity contribution < 1.29 is 9.18 Å². The lowest BCUT2D eigenvalue weighted by atomic mass is 10.2. The standard InChI is InChI=1S/C15H10FN4O/c16-12-6-3-5-11-13(19-20(14(11)12)15(17)21)8-7-10-4-1-2-9-18-10/h1-2,4-9H,(H2,17,21)/b8-7+. The van der Waals surface area contributed by atoms with Gasteiger partial charge in [0.2, 0.25) is 0 Å². The van der Waals surface area contributed by atoms with Crippen molar-refractivity contribution in [2.45, 2.75) is 0 Å². The Morgan fingerprint density at radius 1 is 1.33 bits per heavy atom. The molecule has 6 heteroatoms. The first-order chi connectivity index (χ1) is 10.2. The van der Waals surface area contributed by atoms with E-state index in [-0.39, 0.29) is 5.52 Å². The Bertz CT molecular complexity index is 840. The summed E-state index contributed by atoms with van der Waals surface area (Å²) in [5.41, 5.74) is 6.40. The molecule has 1 aromatic carbocycles. The maximum absolute atomic E-state index is 13.8. The predicted octanol–water partition coefficient (Wildman–Crippen LogP) is 2.47. The number of primary amides is 1. The highest BCUT2D eigenvalue weighted by atomic mass is 19.1. The zero-order valence-corrected chi connectivity index (χ0v) is 10.8. The summed E-state index contributed by atoms with van der Waals surface area (Å²) in [6.45, 7) is 0. The molecule has 2 heterocycles. The van der Waals surface area contributed by atoms with Gasteiger partial charge in [0.05, 0.1) is 11.4 Å². The molecule has 3 aromatic rings. The number of carbonyl (C=O) groups is 1. The van der Waals surface area contributed by atoms with Gasteiger partial charge in [-0.3, -0.25) is 4.98 Å². The lowest BCUT2D eigenvalue weighted by Gasteiger charge is -1.96. The zero-order chi connectivity index (χ0) is 14.8. The SMILES string of the molecule is NC(=O)n1nc(/C=C/c2ccccn2)c2c[c]cc(F)c21. The molecule has 1 radical (unpaired) electrons. The molecule has 0 atom stereocenters. The predicted molar refractivity (Wildman–Crippen MR) is 76.7 cm³/mol. The molecule has 5 nitrogen and oxygen atoms in total. The molecule has 0 saturated carbocycles. The number of pyridine rings is 1. The van der Waals surface area contributed by atoms with Gasteiger partial charge in [0.1, 0.15) is 11.3 Å². The fraction of sp³-hybridized carbons (Fsp3) is 0. The second-order valence-electron chi connectivity index (χ2n) is 4.29. The molecule has 0 aliphatic carbocycles. The number of hydrogen-bond donors (Lipinski definition) is 1. The molecule has 1 amide bonds. The second kappa shape index (κ2) is 5.16. The minimum Gasteiger partial charge on any atom is -0.350 e. The van der Waals surface area contributed by atoms with Gasteiger partial charge in [0.25, 0.3) is 0 Å². The van der Waals surface area contributed by atoms with Gasteiger partial charge in [0, 0.05) is 11.6 Å². The van der Waals surface area contributed by atoms with E-state index in [9.17, 15) is 9.18 Å². The fourth-order valence-corrected chi connectivity index (χ4v) is 2.01. The molecule has 0 saturated heterocycles. The van der Waals surface area contributed by atoms with Gasteiger partial charge in [0.15, 0.2) is 0 Å². The number of halogens is 1. The van der Waals surface area contributed by atoms with Crippen molar-refractivity contribution in [3.05, 3.63) is 59.8 Å². The lowest BCUT2D eigenvalue weighted by Crippen LogP contribution is -2.21. The molecule has 0 unspecified atom stereocenters. The average Bonchev–Trinajstić information content (AvgIpc) is 2.87. The average molecular weight is 281 g/mol. The van der Waals surface area contributed by atoms with Crippen LogP contribution in [0.4, 0.5) is 9.18 Å². The third kappa shape index (κ3) is 2.38. The van der Waals surface area contributed by atoms with Crippen molar-refractivity contribution in [3.8, 4) is 0 Å². The monoisotopic (exact) mass is 281 g/mol. The van der Waals surface area contributed by atoms with Gasteiger partial charge in [-0.1, -0.05) is 6.07 Å². The number of benzene rings is 1. The minimum absolute atomic E-state index is 0.0434. The summed E-state index contributed by atoms with van der Waals surface area (Å²) in [4.78, 5) is 15.5. The topological polar surface area (TPSA) is 73.8 Å². The summed E-state index contributed by atoms with van der Waals surface area (Å²) in [7, 11) is 0. The van der Waals surface area contributed by atoms with E-state index >= 15 is 0 Å². The first-order valence-corrected chi connectivity index (χ1v) is 6.14. The van der Waals surface area contributed by atoms with Crippen LogP contribution >= 0.6 is 0 Å². The van der Waals surface area contributed by atoms with Gasteiger partial charge in [-0.15, -0.1) is 0 Å². The number of aromatic nitrogens is 3. The summed E-state index contributed by atoms with van der Waals surface area (Å²) in [6.07, 6.45) is 5.03. The van der Waals surface area contributed by atoms with E-state index < -0.39 is 11.8 Å². The van der Waals surface area contributed by atoms with Crippen LogP contribution in [0.15, 0.2) is 36.5 Å². The highest BCUT2D eigenvalue weighted by molar-refractivity contribution is 5.95. The van der Waals surface area contributed by atoms with Gasteiger partial charge >= 0.3 is 6.03 Å². The Kier molecular flexibility index (Phi) is 3.19. The number of fused-ring (bicyclic) bond motifs is 1. The van der Waals surface area contributed by atoms with Crippen molar-refractivity contribution in [2.24, 2.45) is 5.73 Å². The van der Waals surface area contributed by atoms with E-state index in [0.29, 0.717) is 11.1 Å². The molecule has 0 bridgehead atoms. The highest BCUT2D eigenvalue weighted by Gasteiger charge is 2.15. The van der Waals surface area contributed by atoms with Crippen LogP contribution in [0.2, 0.25) is 0 Å². The number of amides is 1. The minimum atomic E-state index is -0.845. The third-order valence-electron chi connectivity index (χ3n) is 2.92. The van der Waals surface area contributed by atoms with Crippen LogP contribution in [-0.2, 0) is 0 Å². The Balaban J connectivity index is 2.13. The normalized spacial score (nSPS) is 11.3. The third-order valence-corrected chi connectivity index (χ3v) is 2.92. The van der Waals surface area contributed by atoms with Crippen LogP contribution < -0.4 is 5.73 Å². The summed E-state index contributed by atoms with van der Waals surface area (Å²) in [6, 6.07) is 9.98. The van der Waals surface area contributed by atoms with E-state index in [1.54, 1.807) is 30.5 Å². The Labute approximate surface area is 119 Å². The maximum Gasteiger partial charge on any atom is 0.340 e. The van der Waals surface area contributed by atoms with Crippen LogP contribution in [0.3, 0.4) is 0 Å². The molecular formula is C15H10FN4O. The summed E-state index contributed by atoms with van der Waals surface area (Å²) in [5, 5.41) is 4.49. The molecule has 0 aliphatic rings. The van der Waals surface area contributed by atoms with Crippen LogP contribution in [-0.4, -0.2) is 20.8 Å². The van der Waals surface area contributed by atoms with Crippen molar-refractivity contribution in [3.63, 3.8) is 0 Å². The first kappa shape index (κ1) is 13.0. The van der Waals surface area contributed by atoms with Crippen molar-refractivity contribution >= 4 is 29.1 Å². The summed E-state index contributed by atoms with van der Waals surface area (Å²) >= 11 is 0. The van der Waals surface area contributed by atoms with Crippen LogP contribution in [0.25, 0.3) is 23.1 Å². The summed E-state index contributed by atoms with van der Waals surface area (Å²) in [5.74, 6) is -0.601. The number of nitrogens with zero attached hydrogens (tertiary/aromatic N) is 3. The van der Waals surface area contributed by atoms with Gasteiger partial charge in [-0.2, -0.15) is 9.78 Å². The summed E-state index contributed by atoms with van der Waals surface area (Å²) < 4.78 is 14.7. The lowest BCUT2D eigenvalue weighted by molar-refractivity contribution is 0.248. The van der Waals surface area contributed by atoms with E-state index in [1.165, 1.54) is 0 Å². The molecule has 3 rings (SSSR count). The van der Waals surface area contributed by atoms with Crippen LogP contribution in [0.1, 0.15) is 11.4 Å².